The quantitative estimate of drug-likeness (QED) is 0.379. The summed E-state index contributed by atoms with van der Waals surface area (Å²) in [6, 6.07) is 17.7. The number of oxime groups is 1. The summed E-state index contributed by atoms with van der Waals surface area (Å²) >= 11 is 0. The van der Waals surface area contributed by atoms with Crippen molar-refractivity contribution in [2.45, 2.75) is 31.1 Å². The maximum atomic E-state index is 5.23. The van der Waals surface area contributed by atoms with Crippen LogP contribution in [0.2, 0.25) is 0 Å². The summed E-state index contributed by atoms with van der Waals surface area (Å²) < 4.78 is 0. The van der Waals surface area contributed by atoms with Gasteiger partial charge in [0.25, 0.3) is 0 Å². The second kappa shape index (κ2) is 9.25. The van der Waals surface area contributed by atoms with E-state index in [0.717, 1.165) is 41.9 Å². The van der Waals surface area contributed by atoms with Gasteiger partial charge in [0.05, 0.1) is 0 Å². The minimum absolute atomic E-state index is 0.316. The van der Waals surface area contributed by atoms with Gasteiger partial charge >= 0.3 is 0 Å². The van der Waals surface area contributed by atoms with Crippen molar-refractivity contribution < 1.29 is 4.84 Å². The summed E-state index contributed by atoms with van der Waals surface area (Å²) in [4.78, 5) is 9.54. The van der Waals surface area contributed by atoms with Gasteiger partial charge in [-0.2, -0.15) is 5.10 Å². The third kappa shape index (κ3) is 4.11. The maximum absolute atomic E-state index is 5.23. The lowest BCUT2D eigenvalue weighted by Crippen LogP contribution is -2.31. The van der Waals surface area contributed by atoms with Gasteiger partial charge < -0.3 is 14.6 Å². The van der Waals surface area contributed by atoms with Crippen LogP contribution in [0.1, 0.15) is 47.3 Å². The summed E-state index contributed by atoms with van der Waals surface area (Å²) in [5.74, 6) is 0.427. The fraction of sp³-hybridized carbons (Fsp3) is 0.379. The van der Waals surface area contributed by atoms with Crippen LogP contribution >= 0.6 is 0 Å². The van der Waals surface area contributed by atoms with E-state index in [1.54, 1.807) is 7.11 Å². The summed E-state index contributed by atoms with van der Waals surface area (Å²) in [6.07, 6.45) is 8.93. The van der Waals surface area contributed by atoms with E-state index in [9.17, 15) is 0 Å². The SMILES string of the molecule is CO/N=C(/c1n[nH]c2c1C=CC(c1cccc(N(C)C)c1)(c1cccc(N(C)C)c1)C2)C1CCC1. The molecule has 1 saturated carbocycles. The van der Waals surface area contributed by atoms with Gasteiger partial charge in [-0.15, -0.1) is 0 Å². The minimum atomic E-state index is -0.316. The molecule has 3 aromatic rings. The first kappa shape index (κ1) is 23.2. The molecular weight excluding hydrogens is 434 g/mol. The highest BCUT2D eigenvalue weighted by atomic mass is 16.6. The standard InChI is InChI=1S/C29H35N5O/c1-33(2)23-13-7-11-21(17-23)29(22-12-8-14-24(18-22)34(3)4)16-15-25-26(19-29)30-31-28(25)27(32-35-5)20-9-6-10-20/h7-8,11-18,20H,6,9-10,19H2,1-5H3,(H,30,31)/b32-27+. The van der Waals surface area contributed by atoms with E-state index in [0.29, 0.717) is 5.92 Å². The molecule has 1 heterocycles. The lowest BCUT2D eigenvalue weighted by molar-refractivity contribution is 0.208. The second-order valence-electron chi connectivity index (χ2n) is 10.1. The van der Waals surface area contributed by atoms with Crippen molar-refractivity contribution in [3.63, 3.8) is 0 Å². The van der Waals surface area contributed by atoms with Gasteiger partial charge in [0.1, 0.15) is 18.5 Å². The second-order valence-corrected chi connectivity index (χ2v) is 10.1. The van der Waals surface area contributed by atoms with Crippen molar-refractivity contribution in [3.05, 3.63) is 82.7 Å². The van der Waals surface area contributed by atoms with Crippen molar-refractivity contribution in [1.82, 2.24) is 10.2 Å². The van der Waals surface area contributed by atoms with Crippen molar-refractivity contribution in [3.8, 4) is 0 Å². The van der Waals surface area contributed by atoms with Gasteiger partial charge in [0, 0.05) is 68.6 Å². The molecule has 6 nitrogen and oxygen atoms in total. The Morgan fingerprint density at radius 3 is 2.14 bits per heavy atom. The number of hydrogen-bond donors (Lipinski definition) is 1. The Balaban J connectivity index is 1.64. The first-order valence-electron chi connectivity index (χ1n) is 12.4. The molecule has 0 bridgehead atoms. The predicted octanol–water partition coefficient (Wildman–Crippen LogP) is 5.25. The first-order valence-corrected chi connectivity index (χ1v) is 12.4. The molecule has 182 valence electrons. The number of allylic oxidation sites excluding steroid dienone is 1. The fourth-order valence-corrected chi connectivity index (χ4v) is 5.24. The molecule has 2 aromatic carbocycles. The van der Waals surface area contributed by atoms with E-state index in [2.05, 4.69) is 109 Å². The minimum Gasteiger partial charge on any atom is -0.399 e. The van der Waals surface area contributed by atoms with Gasteiger partial charge in [0.2, 0.25) is 0 Å². The number of fused-ring (bicyclic) bond motifs is 1. The van der Waals surface area contributed by atoms with Gasteiger partial charge in [-0.25, -0.2) is 0 Å². The smallest absolute Gasteiger partial charge is 0.117 e. The van der Waals surface area contributed by atoms with E-state index >= 15 is 0 Å². The average molecular weight is 470 g/mol. The molecule has 6 heteroatoms. The molecule has 5 rings (SSSR count). The van der Waals surface area contributed by atoms with Crippen LogP contribution in [0.5, 0.6) is 0 Å². The van der Waals surface area contributed by atoms with Crippen LogP contribution in [0.3, 0.4) is 0 Å². The Labute approximate surface area is 208 Å². The Bertz CT molecular complexity index is 1210. The number of rotatable bonds is 7. The highest BCUT2D eigenvalue weighted by Gasteiger charge is 2.38. The number of benzene rings is 2. The highest BCUT2D eigenvalue weighted by molar-refractivity contribution is 6.04. The average Bonchev–Trinajstić information content (AvgIpc) is 3.25. The highest BCUT2D eigenvalue weighted by Crippen LogP contribution is 2.44. The van der Waals surface area contributed by atoms with E-state index in [1.807, 2.05) is 0 Å². The Morgan fingerprint density at radius 1 is 1.00 bits per heavy atom. The zero-order valence-electron chi connectivity index (χ0n) is 21.4. The summed E-state index contributed by atoms with van der Waals surface area (Å²) in [5.41, 5.74) is 8.77. The Morgan fingerprint density at radius 2 is 1.63 bits per heavy atom. The molecule has 1 N–H and O–H groups in total. The number of H-pyrrole nitrogens is 1. The monoisotopic (exact) mass is 469 g/mol. The maximum Gasteiger partial charge on any atom is 0.117 e. The molecule has 1 aromatic heterocycles. The van der Waals surface area contributed by atoms with Gasteiger partial charge in [-0.3, -0.25) is 5.10 Å². The third-order valence-electron chi connectivity index (χ3n) is 7.55. The third-order valence-corrected chi connectivity index (χ3v) is 7.55. The lowest BCUT2D eigenvalue weighted by atomic mass is 9.68. The molecule has 1 fully saturated rings. The fourth-order valence-electron chi connectivity index (χ4n) is 5.24. The van der Waals surface area contributed by atoms with Crippen molar-refractivity contribution >= 4 is 23.2 Å². The van der Waals surface area contributed by atoms with E-state index in [1.165, 1.54) is 28.9 Å². The topological polar surface area (TPSA) is 56.8 Å². The van der Waals surface area contributed by atoms with Crippen LogP contribution in [-0.4, -0.2) is 51.2 Å². The summed E-state index contributed by atoms with van der Waals surface area (Å²) in [7, 11) is 9.97. The van der Waals surface area contributed by atoms with E-state index < -0.39 is 0 Å². The van der Waals surface area contributed by atoms with Gasteiger partial charge in [-0.05, 0) is 48.2 Å². The first-order chi connectivity index (χ1) is 16.9. The molecule has 0 aliphatic heterocycles. The van der Waals surface area contributed by atoms with Crippen LogP contribution in [0.4, 0.5) is 11.4 Å². The molecular formula is C29H35N5O. The normalized spacial score (nSPS) is 17.0. The zero-order chi connectivity index (χ0) is 24.6. The number of nitrogens with zero attached hydrogens (tertiary/aromatic N) is 4. The summed E-state index contributed by atoms with van der Waals surface area (Å²) in [5, 5.41) is 12.5. The zero-order valence-corrected chi connectivity index (χ0v) is 21.4. The van der Waals surface area contributed by atoms with Crippen LogP contribution in [0.15, 0.2) is 59.8 Å². The van der Waals surface area contributed by atoms with Crippen molar-refractivity contribution in [2.75, 3.05) is 45.1 Å². The molecule has 0 atom stereocenters. The molecule has 0 saturated heterocycles. The molecule has 0 spiro atoms. The largest absolute Gasteiger partial charge is 0.399 e. The van der Waals surface area contributed by atoms with Crippen molar-refractivity contribution in [1.29, 1.82) is 0 Å². The van der Waals surface area contributed by atoms with Crippen LogP contribution in [0, 0.1) is 5.92 Å². The molecule has 0 unspecified atom stereocenters. The number of hydrogen-bond acceptors (Lipinski definition) is 5. The number of aromatic nitrogens is 2. The van der Waals surface area contributed by atoms with Crippen LogP contribution in [0.25, 0.3) is 6.08 Å². The molecule has 0 radical (unpaired) electrons. The molecule has 2 aliphatic rings. The molecule has 35 heavy (non-hydrogen) atoms. The van der Waals surface area contributed by atoms with Gasteiger partial charge in [-0.1, -0.05) is 48.0 Å². The number of nitrogens with one attached hydrogen (secondary N) is 1. The summed E-state index contributed by atoms with van der Waals surface area (Å²) in [6.45, 7) is 0. The molecule has 0 amide bonds. The molecule has 2 aliphatic carbocycles. The Kier molecular flexibility index (Phi) is 6.13. The van der Waals surface area contributed by atoms with Crippen molar-refractivity contribution in [2.24, 2.45) is 11.1 Å². The Hall–Kier alpha value is -3.54. The van der Waals surface area contributed by atoms with Gasteiger partial charge in [0.15, 0.2) is 0 Å². The van der Waals surface area contributed by atoms with E-state index in [4.69, 9.17) is 9.94 Å². The van der Waals surface area contributed by atoms with Crippen LogP contribution in [-0.2, 0) is 16.7 Å². The number of aromatic amines is 1. The number of anilines is 2. The van der Waals surface area contributed by atoms with E-state index in [-0.39, 0.29) is 5.41 Å². The predicted molar refractivity (Wildman–Crippen MR) is 145 cm³/mol. The van der Waals surface area contributed by atoms with Crippen LogP contribution < -0.4 is 9.80 Å². The lowest BCUT2D eigenvalue weighted by Gasteiger charge is -2.36.